The van der Waals surface area contributed by atoms with Gasteiger partial charge in [0.15, 0.2) is 6.61 Å². The SMILES string of the molecule is O=C(COC(=O)c1ccc(N2C(=O)[C@@H]3[C@H]4C[C@@H]([C@H](Cl)[C@H]4Cl)[C@H]3C2=O)cc1)Nc1ccc(Br)cc1. The minimum absolute atomic E-state index is 0.0987. The first-order valence-corrected chi connectivity index (χ1v) is 12.4. The minimum atomic E-state index is -0.693. The van der Waals surface area contributed by atoms with Crippen molar-refractivity contribution in [2.45, 2.75) is 17.2 Å². The number of hydrogen-bond acceptors (Lipinski definition) is 5. The smallest absolute Gasteiger partial charge is 0.338 e. The van der Waals surface area contributed by atoms with E-state index in [-0.39, 0.29) is 40.0 Å². The first kappa shape index (κ1) is 23.3. The summed E-state index contributed by atoms with van der Waals surface area (Å²) in [7, 11) is 0. The summed E-state index contributed by atoms with van der Waals surface area (Å²) in [6, 6.07) is 12.9. The van der Waals surface area contributed by atoms with Crippen LogP contribution in [0.5, 0.6) is 0 Å². The second kappa shape index (κ2) is 8.98. The average Bonchev–Trinajstić information content (AvgIpc) is 3.44. The molecule has 0 aromatic heterocycles. The molecule has 3 fully saturated rings. The Morgan fingerprint density at radius 1 is 0.941 bits per heavy atom. The Hall–Kier alpha value is -2.42. The molecule has 5 rings (SSSR count). The van der Waals surface area contributed by atoms with Crippen molar-refractivity contribution in [1.82, 2.24) is 0 Å². The number of imide groups is 1. The van der Waals surface area contributed by atoms with E-state index in [1.165, 1.54) is 29.2 Å². The summed E-state index contributed by atoms with van der Waals surface area (Å²) in [5, 5.41) is 2.00. The monoisotopic (exact) mass is 564 g/mol. The first-order chi connectivity index (χ1) is 16.3. The number of anilines is 2. The highest BCUT2D eigenvalue weighted by Gasteiger charge is 2.66. The molecule has 2 saturated carbocycles. The van der Waals surface area contributed by atoms with Gasteiger partial charge >= 0.3 is 5.97 Å². The molecule has 2 aromatic rings. The number of hydrogen-bond donors (Lipinski definition) is 1. The molecule has 10 heteroatoms. The molecule has 3 amide bonds. The molecule has 0 unspecified atom stereocenters. The Morgan fingerprint density at radius 2 is 1.50 bits per heavy atom. The average molecular weight is 566 g/mol. The highest BCUT2D eigenvalue weighted by atomic mass is 79.9. The van der Waals surface area contributed by atoms with Crippen LogP contribution in [0.3, 0.4) is 0 Å². The quantitative estimate of drug-likeness (QED) is 0.333. The molecule has 1 saturated heterocycles. The minimum Gasteiger partial charge on any atom is -0.452 e. The molecule has 0 radical (unpaired) electrons. The van der Waals surface area contributed by atoms with Crippen LogP contribution >= 0.6 is 39.1 Å². The summed E-state index contributed by atoms with van der Waals surface area (Å²) in [5.74, 6) is -2.78. The number of nitrogens with zero attached hydrogens (tertiary/aromatic N) is 1. The van der Waals surface area contributed by atoms with Gasteiger partial charge in [-0.25, -0.2) is 4.79 Å². The van der Waals surface area contributed by atoms with Crippen molar-refractivity contribution in [1.29, 1.82) is 0 Å². The van der Waals surface area contributed by atoms with Gasteiger partial charge in [0.1, 0.15) is 0 Å². The van der Waals surface area contributed by atoms with Crippen LogP contribution < -0.4 is 10.2 Å². The van der Waals surface area contributed by atoms with Crippen molar-refractivity contribution in [3.63, 3.8) is 0 Å². The van der Waals surface area contributed by atoms with Crippen LogP contribution in [0.2, 0.25) is 0 Å². The lowest BCUT2D eigenvalue weighted by atomic mass is 9.80. The summed E-state index contributed by atoms with van der Waals surface area (Å²) >= 11 is 16.1. The molecule has 0 spiro atoms. The van der Waals surface area contributed by atoms with Gasteiger partial charge in [-0.3, -0.25) is 19.3 Å². The van der Waals surface area contributed by atoms with E-state index in [0.717, 1.165) is 4.47 Å². The van der Waals surface area contributed by atoms with Gasteiger partial charge in [-0.15, -0.1) is 23.2 Å². The lowest BCUT2D eigenvalue weighted by Gasteiger charge is -2.28. The van der Waals surface area contributed by atoms with E-state index >= 15 is 0 Å². The van der Waals surface area contributed by atoms with Crippen LogP contribution in [0, 0.1) is 23.7 Å². The van der Waals surface area contributed by atoms with Crippen molar-refractivity contribution >= 4 is 74.2 Å². The van der Waals surface area contributed by atoms with Crippen molar-refractivity contribution in [2.75, 3.05) is 16.8 Å². The van der Waals surface area contributed by atoms with Gasteiger partial charge in [0.05, 0.1) is 33.8 Å². The predicted molar refractivity (Wildman–Crippen MR) is 130 cm³/mol. The maximum absolute atomic E-state index is 13.1. The van der Waals surface area contributed by atoms with Crippen molar-refractivity contribution in [2.24, 2.45) is 23.7 Å². The van der Waals surface area contributed by atoms with Crippen LogP contribution in [0.15, 0.2) is 53.0 Å². The fourth-order valence-corrected chi connectivity index (χ4v) is 6.45. The van der Waals surface area contributed by atoms with Crippen LogP contribution in [0.4, 0.5) is 11.4 Å². The second-order valence-electron chi connectivity index (χ2n) is 8.69. The third-order valence-electron chi connectivity index (χ3n) is 6.81. The topological polar surface area (TPSA) is 92.8 Å². The number of esters is 1. The summed E-state index contributed by atoms with van der Waals surface area (Å²) in [5.41, 5.74) is 1.15. The number of carbonyl (C=O) groups excluding carboxylic acids is 4. The Kier molecular flexibility index (Phi) is 6.16. The first-order valence-electron chi connectivity index (χ1n) is 10.7. The number of ether oxygens (including phenoxy) is 1. The zero-order valence-electron chi connectivity index (χ0n) is 17.6. The van der Waals surface area contributed by atoms with E-state index in [1.807, 2.05) is 0 Å². The van der Waals surface area contributed by atoms with Crippen LogP contribution in [0.1, 0.15) is 16.8 Å². The number of carbonyl (C=O) groups is 4. The number of rotatable bonds is 5. The number of alkyl halides is 2. The lowest BCUT2D eigenvalue weighted by molar-refractivity contribution is -0.123. The van der Waals surface area contributed by atoms with Gasteiger partial charge in [0.2, 0.25) is 11.8 Å². The number of benzene rings is 2. The molecule has 176 valence electrons. The third kappa shape index (κ3) is 3.91. The largest absolute Gasteiger partial charge is 0.452 e. The Labute approximate surface area is 213 Å². The molecule has 2 bridgehead atoms. The summed E-state index contributed by atoms with van der Waals surface area (Å²) in [6.45, 7) is -0.453. The Bertz CT molecular complexity index is 1140. The van der Waals surface area contributed by atoms with E-state index in [4.69, 9.17) is 27.9 Å². The summed E-state index contributed by atoms with van der Waals surface area (Å²) in [6.07, 6.45) is 0.698. The maximum atomic E-state index is 13.1. The molecular weight excluding hydrogens is 547 g/mol. The Balaban J connectivity index is 1.21. The van der Waals surface area contributed by atoms with Crippen LogP contribution in [-0.4, -0.2) is 41.1 Å². The summed E-state index contributed by atoms with van der Waals surface area (Å²) < 4.78 is 5.95. The van der Waals surface area contributed by atoms with Gasteiger partial charge in [0, 0.05) is 10.2 Å². The molecule has 1 aliphatic heterocycles. The lowest BCUT2D eigenvalue weighted by Crippen LogP contribution is -2.37. The normalized spacial score (nSPS) is 29.3. The van der Waals surface area contributed by atoms with Gasteiger partial charge in [-0.1, -0.05) is 15.9 Å². The van der Waals surface area contributed by atoms with E-state index in [1.54, 1.807) is 24.3 Å². The van der Waals surface area contributed by atoms with Crippen molar-refractivity contribution in [3.05, 3.63) is 58.6 Å². The molecule has 7 nitrogen and oxygen atoms in total. The molecule has 2 aliphatic carbocycles. The Morgan fingerprint density at radius 3 is 2.06 bits per heavy atom. The highest BCUT2D eigenvalue weighted by Crippen LogP contribution is 2.59. The highest BCUT2D eigenvalue weighted by molar-refractivity contribution is 9.10. The molecule has 2 aromatic carbocycles. The van der Waals surface area contributed by atoms with E-state index in [0.29, 0.717) is 17.8 Å². The molecule has 34 heavy (non-hydrogen) atoms. The molecule has 1 N–H and O–H groups in total. The standard InChI is InChI=1S/C24H19BrCl2N2O5/c25-12-3-5-13(6-4-12)28-17(30)10-34-24(33)11-1-7-14(8-2-11)29-22(31)18-15-9-16(19(18)23(29)32)21(27)20(15)26/h1-8,15-16,18-21H,9-10H2,(H,28,30)/t15-,16-,18-,19-,20+,21+/m1/s1. The number of fused-ring (bicyclic) bond motifs is 5. The number of nitrogens with one attached hydrogen (secondary N) is 1. The zero-order chi connectivity index (χ0) is 24.1. The van der Waals surface area contributed by atoms with Crippen LogP contribution in [0.25, 0.3) is 0 Å². The zero-order valence-corrected chi connectivity index (χ0v) is 20.7. The predicted octanol–water partition coefficient (Wildman–Crippen LogP) is 4.21. The fraction of sp³-hybridized carbons (Fsp3) is 0.333. The number of amides is 3. The maximum Gasteiger partial charge on any atom is 0.338 e. The fourth-order valence-electron chi connectivity index (χ4n) is 5.29. The molecule has 1 heterocycles. The third-order valence-corrected chi connectivity index (χ3v) is 8.66. The van der Waals surface area contributed by atoms with Crippen molar-refractivity contribution < 1.29 is 23.9 Å². The molecule has 6 atom stereocenters. The van der Waals surface area contributed by atoms with Crippen molar-refractivity contribution in [3.8, 4) is 0 Å². The molecule has 3 aliphatic rings. The van der Waals surface area contributed by atoms with Crippen LogP contribution in [-0.2, 0) is 19.1 Å². The van der Waals surface area contributed by atoms with E-state index in [9.17, 15) is 19.2 Å². The summed E-state index contributed by atoms with van der Waals surface area (Å²) in [4.78, 5) is 51.7. The van der Waals surface area contributed by atoms with Gasteiger partial charge < -0.3 is 10.1 Å². The van der Waals surface area contributed by atoms with E-state index < -0.39 is 30.3 Å². The van der Waals surface area contributed by atoms with Gasteiger partial charge in [-0.2, -0.15) is 0 Å². The van der Waals surface area contributed by atoms with Gasteiger partial charge in [-0.05, 0) is 66.8 Å². The second-order valence-corrected chi connectivity index (χ2v) is 10.6. The van der Waals surface area contributed by atoms with E-state index in [2.05, 4.69) is 21.2 Å². The number of halogens is 3. The molecular formula is C24H19BrCl2N2O5. The van der Waals surface area contributed by atoms with Gasteiger partial charge in [0.25, 0.3) is 5.91 Å².